The van der Waals surface area contributed by atoms with Gasteiger partial charge in [-0.2, -0.15) is 0 Å². The van der Waals surface area contributed by atoms with Gasteiger partial charge < -0.3 is 15.6 Å². The molecule has 1 unspecified atom stereocenters. The zero-order valence-electron chi connectivity index (χ0n) is 21.2. The Bertz CT molecular complexity index is 1120. The van der Waals surface area contributed by atoms with Crippen molar-refractivity contribution in [1.82, 2.24) is 20.2 Å². The fraction of sp³-hybridized carbons (Fsp3) is 0.538. The minimum Gasteiger partial charge on any atom is -0.368 e. The Labute approximate surface area is 210 Å². The molecule has 1 aliphatic rings. The summed E-state index contributed by atoms with van der Waals surface area (Å²) in [6.07, 6.45) is 3.88. The Morgan fingerprint density at radius 2 is 1.97 bits per heavy atom. The highest BCUT2D eigenvalue weighted by Gasteiger charge is 2.47. The van der Waals surface area contributed by atoms with Crippen LogP contribution in [-0.4, -0.2) is 57.1 Å². The predicted molar refractivity (Wildman–Crippen MR) is 132 cm³/mol. The molecule has 36 heavy (non-hydrogen) atoms. The maximum atomic E-state index is 14.3. The summed E-state index contributed by atoms with van der Waals surface area (Å²) in [6, 6.07) is 3.22. The molecule has 0 saturated carbocycles. The molecule has 10 heteroatoms. The van der Waals surface area contributed by atoms with Crippen molar-refractivity contribution >= 4 is 17.6 Å². The summed E-state index contributed by atoms with van der Waals surface area (Å²) in [7, 11) is 0. The molecule has 1 fully saturated rings. The summed E-state index contributed by atoms with van der Waals surface area (Å²) in [6.45, 7) is 7.56. The third-order valence-corrected chi connectivity index (χ3v) is 7.18. The van der Waals surface area contributed by atoms with Crippen LogP contribution >= 0.6 is 0 Å². The van der Waals surface area contributed by atoms with Gasteiger partial charge in [-0.15, -0.1) is 0 Å². The number of hydrogen-bond acceptors (Lipinski definition) is 5. The lowest BCUT2D eigenvalue weighted by molar-refractivity contribution is -0.141. The van der Waals surface area contributed by atoms with Crippen LogP contribution < -0.4 is 11.1 Å². The number of ketones is 1. The van der Waals surface area contributed by atoms with E-state index in [4.69, 9.17) is 5.73 Å². The summed E-state index contributed by atoms with van der Waals surface area (Å²) in [5, 5.41) is 3.01. The standard InChI is InChI=1S/C26H35F2N5O3/c1-15(2)22(34)14-31-26(25(29)36,12-23(35)33-10-6-5-7-16(33)3)17(4)24-30-13-21(32-24)19-9-8-18(27)11-20(19)28/h8-9,11,13,15-17,31H,5-7,10,12,14H2,1-4H3,(H2,29,36)(H,30,32)/t16-,17+,26?/m0/s1. The smallest absolute Gasteiger partial charge is 0.239 e. The van der Waals surface area contributed by atoms with Crippen LogP contribution in [0.15, 0.2) is 24.4 Å². The van der Waals surface area contributed by atoms with Crippen LogP contribution in [0.3, 0.4) is 0 Å². The monoisotopic (exact) mass is 503 g/mol. The number of imidazole rings is 1. The average molecular weight is 504 g/mol. The number of Topliss-reactive ketones (excluding diaryl/α,β-unsaturated/α-hetero) is 1. The molecular weight excluding hydrogens is 468 g/mol. The van der Waals surface area contributed by atoms with E-state index in [2.05, 4.69) is 15.3 Å². The summed E-state index contributed by atoms with van der Waals surface area (Å²) < 4.78 is 27.7. The third-order valence-electron chi connectivity index (χ3n) is 7.18. The first-order chi connectivity index (χ1) is 17.0. The van der Waals surface area contributed by atoms with Crippen LogP contribution in [0.4, 0.5) is 8.78 Å². The Balaban J connectivity index is 1.98. The second kappa shape index (κ2) is 11.3. The van der Waals surface area contributed by atoms with Crippen molar-refractivity contribution in [3.63, 3.8) is 0 Å². The molecule has 0 radical (unpaired) electrons. The maximum absolute atomic E-state index is 14.3. The highest BCUT2D eigenvalue weighted by Crippen LogP contribution is 2.33. The van der Waals surface area contributed by atoms with Crippen molar-refractivity contribution in [2.24, 2.45) is 11.7 Å². The summed E-state index contributed by atoms with van der Waals surface area (Å²) in [5.41, 5.74) is 4.67. The quantitative estimate of drug-likeness (QED) is 0.459. The van der Waals surface area contributed by atoms with Gasteiger partial charge in [0, 0.05) is 36.1 Å². The number of benzene rings is 1. The molecule has 3 atom stereocenters. The van der Waals surface area contributed by atoms with E-state index in [9.17, 15) is 23.2 Å². The average Bonchev–Trinajstić information content (AvgIpc) is 3.30. The van der Waals surface area contributed by atoms with Crippen LogP contribution in [0.2, 0.25) is 0 Å². The highest BCUT2D eigenvalue weighted by molar-refractivity contribution is 5.93. The lowest BCUT2D eigenvalue weighted by Crippen LogP contribution is -2.62. The molecule has 1 aromatic heterocycles. The molecule has 8 nitrogen and oxygen atoms in total. The van der Waals surface area contributed by atoms with E-state index in [1.165, 1.54) is 12.3 Å². The lowest BCUT2D eigenvalue weighted by Gasteiger charge is -2.40. The number of likely N-dealkylation sites (tertiary alicyclic amines) is 1. The number of nitrogens with zero attached hydrogens (tertiary/aromatic N) is 2. The molecule has 1 saturated heterocycles. The lowest BCUT2D eigenvalue weighted by atomic mass is 9.79. The van der Waals surface area contributed by atoms with Crippen LogP contribution in [0.25, 0.3) is 11.3 Å². The van der Waals surface area contributed by atoms with Crippen molar-refractivity contribution in [3.05, 3.63) is 41.9 Å². The van der Waals surface area contributed by atoms with Gasteiger partial charge in [0.2, 0.25) is 11.8 Å². The van der Waals surface area contributed by atoms with E-state index >= 15 is 0 Å². The molecule has 0 bridgehead atoms. The van der Waals surface area contributed by atoms with Gasteiger partial charge in [0.15, 0.2) is 0 Å². The molecule has 2 amide bonds. The van der Waals surface area contributed by atoms with Gasteiger partial charge in [0.05, 0.1) is 24.9 Å². The van der Waals surface area contributed by atoms with Crippen molar-refractivity contribution in [3.8, 4) is 11.3 Å². The zero-order valence-corrected chi connectivity index (χ0v) is 21.2. The molecule has 3 rings (SSSR count). The van der Waals surface area contributed by atoms with Crippen LogP contribution in [0.5, 0.6) is 0 Å². The summed E-state index contributed by atoms with van der Waals surface area (Å²) >= 11 is 0. The first kappa shape index (κ1) is 27.4. The number of aromatic nitrogens is 2. The molecule has 0 aliphatic carbocycles. The Kier molecular flexibility index (Phi) is 8.60. The maximum Gasteiger partial charge on any atom is 0.239 e. The topological polar surface area (TPSA) is 121 Å². The SMILES string of the molecule is CC(C)C(=O)CNC(CC(=O)N1CCCC[C@@H]1C)(C(N)=O)[C@H](C)c1ncc(-c2ccc(F)cc2F)[nH]1. The first-order valence-electron chi connectivity index (χ1n) is 12.3. The van der Waals surface area contributed by atoms with Crippen LogP contribution in [0.1, 0.15) is 65.1 Å². The number of hydrogen-bond donors (Lipinski definition) is 3. The number of nitrogens with one attached hydrogen (secondary N) is 2. The fourth-order valence-electron chi connectivity index (χ4n) is 4.65. The second-order valence-corrected chi connectivity index (χ2v) is 9.95. The van der Waals surface area contributed by atoms with E-state index in [1.54, 1.807) is 25.7 Å². The van der Waals surface area contributed by atoms with Gasteiger partial charge in [-0.3, -0.25) is 19.7 Å². The Morgan fingerprint density at radius 1 is 1.25 bits per heavy atom. The minimum atomic E-state index is -1.63. The predicted octanol–water partition coefficient (Wildman–Crippen LogP) is 3.29. The summed E-state index contributed by atoms with van der Waals surface area (Å²) in [5.74, 6) is -3.44. The molecule has 2 aromatic rings. The zero-order chi connectivity index (χ0) is 26.6. The number of carbonyl (C=O) groups excluding carboxylic acids is 3. The van der Waals surface area contributed by atoms with Gasteiger partial charge in [0.25, 0.3) is 0 Å². The van der Waals surface area contributed by atoms with E-state index in [0.29, 0.717) is 6.54 Å². The van der Waals surface area contributed by atoms with Crippen LogP contribution in [0, 0.1) is 17.6 Å². The van der Waals surface area contributed by atoms with Crippen LogP contribution in [-0.2, 0) is 14.4 Å². The van der Waals surface area contributed by atoms with Gasteiger partial charge >= 0.3 is 0 Å². The second-order valence-electron chi connectivity index (χ2n) is 9.95. The van der Waals surface area contributed by atoms with E-state index < -0.39 is 29.0 Å². The number of nitrogens with two attached hydrogens (primary N) is 1. The Hall–Kier alpha value is -3.14. The fourth-order valence-corrected chi connectivity index (χ4v) is 4.65. The number of carbonyl (C=O) groups is 3. The van der Waals surface area contributed by atoms with Crippen molar-refractivity contribution < 1.29 is 23.2 Å². The normalized spacial score (nSPS) is 18.6. The van der Waals surface area contributed by atoms with Gasteiger partial charge in [-0.25, -0.2) is 13.8 Å². The molecular formula is C26H35F2N5O3. The van der Waals surface area contributed by atoms with Crippen molar-refractivity contribution in [1.29, 1.82) is 0 Å². The third kappa shape index (κ3) is 5.80. The number of H-pyrrole nitrogens is 1. The largest absolute Gasteiger partial charge is 0.368 e. The molecule has 0 spiro atoms. The van der Waals surface area contributed by atoms with Crippen molar-refractivity contribution in [2.45, 2.75) is 70.9 Å². The number of primary amides is 1. The number of aromatic amines is 1. The van der Waals surface area contributed by atoms with Crippen molar-refractivity contribution in [2.75, 3.05) is 13.1 Å². The molecule has 1 aromatic carbocycles. The first-order valence-corrected chi connectivity index (χ1v) is 12.3. The molecule has 2 heterocycles. The Morgan fingerprint density at radius 3 is 2.58 bits per heavy atom. The summed E-state index contributed by atoms with van der Waals surface area (Å²) in [4.78, 5) is 48.0. The van der Waals surface area contributed by atoms with E-state index in [0.717, 1.165) is 31.4 Å². The van der Waals surface area contributed by atoms with Gasteiger partial charge in [-0.05, 0) is 38.3 Å². The van der Waals surface area contributed by atoms with Gasteiger partial charge in [0.1, 0.15) is 28.8 Å². The van der Waals surface area contributed by atoms with E-state index in [1.807, 2.05) is 6.92 Å². The number of rotatable bonds is 10. The number of piperidine rings is 1. The highest BCUT2D eigenvalue weighted by atomic mass is 19.1. The van der Waals surface area contributed by atoms with E-state index in [-0.39, 0.29) is 53.7 Å². The van der Waals surface area contributed by atoms with Gasteiger partial charge in [-0.1, -0.05) is 20.8 Å². The number of amides is 2. The molecule has 196 valence electrons. The molecule has 4 N–H and O–H groups in total. The molecule has 1 aliphatic heterocycles. The number of halogens is 2. The minimum absolute atomic E-state index is 0.0288.